The second kappa shape index (κ2) is 5.00. The molecule has 94 valence electrons. The zero-order valence-corrected chi connectivity index (χ0v) is 10.2. The first-order chi connectivity index (χ1) is 7.57. The van der Waals surface area contributed by atoms with Crippen LogP contribution in [0, 0.1) is 0 Å². The molecule has 1 saturated carbocycles. The molecule has 0 aromatic rings. The first kappa shape index (κ1) is 12.3. The Labute approximate surface area is 97.3 Å². The standard InChI is InChI=1S/C12H23NO3/c1-12(2)15-7-9(8-16-12)13-10-5-3-4-6-11(10)14/h9-11,13-14H,3-8H2,1-2H3. The molecule has 1 saturated heterocycles. The van der Waals surface area contributed by atoms with Gasteiger partial charge < -0.3 is 19.9 Å². The van der Waals surface area contributed by atoms with Crippen molar-refractivity contribution in [3.05, 3.63) is 0 Å². The fourth-order valence-corrected chi connectivity index (χ4v) is 2.40. The lowest BCUT2D eigenvalue weighted by molar-refractivity contribution is -0.254. The van der Waals surface area contributed by atoms with Gasteiger partial charge in [0, 0.05) is 6.04 Å². The van der Waals surface area contributed by atoms with E-state index in [-0.39, 0.29) is 18.2 Å². The van der Waals surface area contributed by atoms with E-state index in [1.165, 1.54) is 6.42 Å². The maximum absolute atomic E-state index is 9.86. The van der Waals surface area contributed by atoms with Crippen molar-refractivity contribution in [1.29, 1.82) is 0 Å². The van der Waals surface area contributed by atoms with E-state index in [2.05, 4.69) is 5.32 Å². The largest absolute Gasteiger partial charge is 0.392 e. The number of ether oxygens (including phenoxy) is 2. The van der Waals surface area contributed by atoms with Crippen LogP contribution in [0.1, 0.15) is 39.5 Å². The highest BCUT2D eigenvalue weighted by atomic mass is 16.7. The van der Waals surface area contributed by atoms with Gasteiger partial charge in [0.25, 0.3) is 0 Å². The third-order valence-electron chi connectivity index (χ3n) is 3.44. The van der Waals surface area contributed by atoms with E-state index < -0.39 is 5.79 Å². The molecule has 4 heteroatoms. The van der Waals surface area contributed by atoms with Crippen molar-refractivity contribution in [2.24, 2.45) is 0 Å². The van der Waals surface area contributed by atoms with Crippen molar-refractivity contribution in [3.8, 4) is 0 Å². The van der Waals surface area contributed by atoms with E-state index in [0.717, 1.165) is 19.3 Å². The molecule has 2 atom stereocenters. The number of nitrogens with one attached hydrogen (secondary N) is 1. The smallest absolute Gasteiger partial charge is 0.162 e. The van der Waals surface area contributed by atoms with Gasteiger partial charge >= 0.3 is 0 Å². The molecular formula is C12H23NO3. The van der Waals surface area contributed by atoms with Gasteiger partial charge in [0.2, 0.25) is 0 Å². The topological polar surface area (TPSA) is 50.7 Å². The van der Waals surface area contributed by atoms with E-state index in [9.17, 15) is 5.11 Å². The molecule has 0 radical (unpaired) electrons. The van der Waals surface area contributed by atoms with Crippen LogP contribution < -0.4 is 5.32 Å². The lowest BCUT2D eigenvalue weighted by Crippen LogP contribution is -2.54. The molecule has 2 aliphatic rings. The molecule has 2 fully saturated rings. The van der Waals surface area contributed by atoms with Crippen LogP contribution >= 0.6 is 0 Å². The van der Waals surface area contributed by atoms with Gasteiger partial charge in [-0.05, 0) is 26.7 Å². The molecule has 0 bridgehead atoms. The van der Waals surface area contributed by atoms with E-state index in [1.54, 1.807) is 0 Å². The van der Waals surface area contributed by atoms with E-state index in [0.29, 0.717) is 13.2 Å². The van der Waals surface area contributed by atoms with Crippen molar-refractivity contribution in [2.75, 3.05) is 13.2 Å². The van der Waals surface area contributed by atoms with Gasteiger partial charge in [0.1, 0.15) is 0 Å². The lowest BCUT2D eigenvalue weighted by atomic mass is 9.92. The highest BCUT2D eigenvalue weighted by Gasteiger charge is 2.31. The fraction of sp³-hybridized carbons (Fsp3) is 1.00. The zero-order chi connectivity index (χ0) is 11.6. The van der Waals surface area contributed by atoms with Crippen LogP contribution in [-0.4, -0.2) is 42.3 Å². The van der Waals surface area contributed by atoms with E-state index >= 15 is 0 Å². The van der Waals surface area contributed by atoms with Crippen LogP contribution in [0.15, 0.2) is 0 Å². The molecule has 1 heterocycles. The van der Waals surface area contributed by atoms with Crippen LogP contribution in [0.4, 0.5) is 0 Å². The maximum Gasteiger partial charge on any atom is 0.162 e. The Morgan fingerprint density at radius 1 is 1.12 bits per heavy atom. The number of aliphatic hydroxyl groups excluding tert-OH is 1. The summed E-state index contributed by atoms with van der Waals surface area (Å²) >= 11 is 0. The highest BCUT2D eigenvalue weighted by Crippen LogP contribution is 2.21. The number of hydrogen-bond acceptors (Lipinski definition) is 4. The first-order valence-electron chi connectivity index (χ1n) is 6.29. The van der Waals surface area contributed by atoms with Crippen molar-refractivity contribution in [3.63, 3.8) is 0 Å². The van der Waals surface area contributed by atoms with Gasteiger partial charge in [0.15, 0.2) is 5.79 Å². The third kappa shape index (κ3) is 3.17. The van der Waals surface area contributed by atoms with Gasteiger partial charge in [-0.2, -0.15) is 0 Å². The number of rotatable bonds is 2. The fourth-order valence-electron chi connectivity index (χ4n) is 2.40. The molecule has 16 heavy (non-hydrogen) atoms. The Hall–Kier alpha value is -0.160. The molecule has 4 nitrogen and oxygen atoms in total. The summed E-state index contributed by atoms with van der Waals surface area (Å²) in [6.45, 7) is 5.18. The van der Waals surface area contributed by atoms with Crippen molar-refractivity contribution in [1.82, 2.24) is 5.32 Å². The summed E-state index contributed by atoms with van der Waals surface area (Å²) in [6.07, 6.45) is 4.11. The Morgan fingerprint density at radius 3 is 2.38 bits per heavy atom. The van der Waals surface area contributed by atoms with Crippen LogP contribution in [0.5, 0.6) is 0 Å². The minimum atomic E-state index is -0.455. The van der Waals surface area contributed by atoms with Crippen LogP contribution in [0.3, 0.4) is 0 Å². The third-order valence-corrected chi connectivity index (χ3v) is 3.44. The highest BCUT2D eigenvalue weighted by molar-refractivity contribution is 4.85. The first-order valence-corrected chi connectivity index (χ1v) is 6.29. The summed E-state index contributed by atoms with van der Waals surface area (Å²) in [5, 5.41) is 13.3. The number of hydrogen-bond donors (Lipinski definition) is 2. The Bertz CT molecular complexity index is 222. The molecule has 1 aliphatic carbocycles. The van der Waals surface area contributed by atoms with E-state index in [1.807, 2.05) is 13.8 Å². The summed E-state index contributed by atoms with van der Waals surface area (Å²) in [5.41, 5.74) is 0. The van der Waals surface area contributed by atoms with Crippen LogP contribution in [0.2, 0.25) is 0 Å². The zero-order valence-electron chi connectivity index (χ0n) is 10.2. The molecule has 0 aromatic carbocycles. The SMILES string of the molecule is CC1(C)OCC(NC2CCCCC2O)CO1. The second-order valence-corrected chi connectivity index (χ2v) is 5.34. The van der Waals surface area contributed by atoms with Crippen molar-refractivity contribution >= 4 is 0 Å². The molecule has 0 spiro atoms. The molecule has 1 aliphatic heterocycles. The molecule has 2 N–H and O–H groups in total. The molecule has 2 rings (SSSR count). The van der Waals surface area contributed by atoms with E-state index in [4.69, 9.17) is 9.47 Å². The average molecular weight is 229 g/mol. The van der Waals surface area contributed by atoms with Gasteiger partial charge in [-0.3, -0.25) is 0 Å². The summed E-state index contributed by atoms with van der Waals surface area (Å²) in [4.78, 5) is 0. The quantitative estimate of drug-likeness (QED) is 0.742. The van der Waals surface area contributed by atoms with Gasteiger partial charge in [-0.15, -0.1) is 0 Å². The minimum Gasteiger partial charge on any atom is -0.392 e. The predicted octanol–water partition coefficient (Wildman–Crippen LogP) is 1.03. The van der Waals surface area contributed by atoms with Gasteiger partial charge in [-0.1, -0.05) is 12.8 Å². The predicted molar refractivity (Wildman–Crippen MR) is 61.2 cm³/mol. The van der Waals surface area contributed by atoms with Crippen molar-refractivity contribution in [2.45, 2.75) is 63.5 Å². The van der Waals surface area contributed by atoms with Crippen LogP contribution in [0.25, 0.3) is 0 Å². The maximum atomic E-state index is 9.86. The lowest BCUT2D eigenvalue weighted by Gasteiger charge is -2.38. The van der Waals surface area contributed by atoms with Gasteiger partial charge in [0.05, 0.1) is 25.4 Å². The Morgan fingerprint density at radius 2 is 1.75 bits per heavy atom. The summed E-state index contributed by atoms with van der Waals surface area (Å²) in [5.74, 6) is -0.455. The van der Waals surface area contributed by atoms with Crippen molar-refractivity contribution < 1.29 is 14.6 Å². The van der Waals surface area contributed by atoms with Gasteiger partial charge in [-0.25, -0.2) is 0 Å². The second-order valence-electron chi connectivity index (χ2n) is 5.34. The summed E-state index contributed by atoms with van der Waals surface area (Å²) in [6, 6.07) is 0.429. The number of aliphatic hydroxyl groups is 1. The summed E-state index contributed by atoms with van der Waals surface area (Å²) in [7, 11) is 0. The Kier molecular flexibility index (Phi) is 3.85. The molecule has 0 aromatic heterocycles. The van der Waals surface area contributed by atoms with Crippen LogP contribution in [-0.2, 0) is 9.47 Å². The molecule has 0 amide bonds. The summed E-state index contributed by atoms with van der Waals surface area (Å²) < 4.78 is 11.2. The minimum absolute atomic E-state index is 0.205. The Balaban J connectivity index is 1.77. The average Bonchev–Trinajstić information content (AvgIpc) is 2.24. The molecule has 2 unspecified atom stereocenters. The molecular weight excluding hydrogens is 206 g/mol. The normalized spacial score (nSPS) is 36.2. The monoisotopic (exact) mass is 229 g/mol.